The van der Waals surface area contributed by atoms with Gasteiger partial charge in [0.1, 0.15) is 11.5 Å². The van der Waals surface area contributed by atoms with Crippen LogP contribution in [-0.4, -0.2) is 6.26 Å². The Bertz CT molecular complexity index is 602. The van der Waals surface area contributed by atoms with Crippen molar-refractivity contribution in [1.82, 2.24) is 0 Å². The van der Waals surface area contributed by atoms with Crippen molar-refractivity contribution in [1.29, 1.82) is 5.26 Å². The van der Waals surface area contributed by atoms with E-state index in [4.69, 9.17) is 10.00 Å². The zero-order chi connectivity index (χ0) is 13.0. The quantitative estimate of drug-likeness (QED) is 0.763. The van der Waals surface area contributed by atoms with Gasteiger partial charge < -0.3 is 4.74 Å². The third-order valence-corrected chi connectivity index (χ3v) is 3.39. The maximum absolute atomic E-state index is 8.89. The zero-order valence-corrected chi connectivity index (χ0v) is 11.1. The van der Waals surface area contributed by atoms with Gasteiger partial charge in [0.15, 0.2) is 0 Å². The molecule has 3 heteroatoms. The summed E-state index contributed by atoms with van der Waals surface area (Å²) in [6.45, 7) is 1.91. The first-order valence-electron chi connectivity index (χ1n) is 5.56. The Morgan fingerprint density at radius 3 is 2.61 bits per heavy atom. The molecule has 2 nitrogen and oxygen atoms in total. The number of hydrogen-bond donors (Lipinski definition) is 0. The molecule has 18 heavy (non-hydrogen) atoms. The standard InChI is InChI=1S/C15H13NOS/c1-11-9-13(8-7-12(11)10-16)17-14-5-3-4-6-15(14)18-2/h3-9H,1-2H3. The van der Waals surface area contributed by atoms with E-state index in [-0.39, 0.29) is 0 Å². The molecule has 0 bridgehead atoms. The molecule has 0 amide bonds. The van der Waals surface area contributed by atoms with Gasteiger partial charge in [-0.05, 0) is 49.1 Å². The number of rotatable bonds is 3. The van der Waals surface area contributed by atoms with Crippen LogP contribution in [0.25, 0.3) is 0 Å². The molecule has 0 atom stereocenters. The molecular weight excluding hydrogens is 242 g/mol. The second kappa shape index (κ2) is 5.61. The first kappa shape index (κ1) is 12.5. The Morgan fingerprint density at radius 1 is 1.17 bits per heavy atom. The molecule has 0 saturated heterocycles. The van der Waals surface area contributed by atoms with Gasteiger partial charge in [-0.3, -0.25) is 0 Å². The van der Waals surface area contributed by atoms with Gasteiger partial charge in [-0.2, -0.15) is 5.26 Å². The monoisotopic (exact) mass is 255 g/mol. The zero-order valence-electron chi connectivity index (χ0n) is 10.3. The van der Waals surface area contributed by atoms with Crippen molar-refractivity contribution < 1.29 is 4.74 Å². The minimum atomic E-state index is 0.681. The summed E-state index contributed by atoms with van der Waals surface area (Å²) in [5.41, 5.74) is 1.61. The molecule has 2 rings (SSSR count). The summed E-state index contributed by atoms with van der Waals surface area (Å²) in [7, 11) is 0. The summed E-state index contributed by atoms with van der Waals surface area (Å²) in [6, 6.07) is 15.5. The molecule has 0 fully saturated rings. The van der Waals surface area contributed by atoms with Crippen LogP contribution in [0.1, 0.15) is 11.1 Å². The Hall–Kier alpha value is -1.92. The molecule has 0 N–H and O–H groups in total. The molecular formula is C15H13NOS. The second-order valence-electron chi connectivity index (χ2n) is 3.84. The van der Waals surface area contributed by atoms with Gasteiger partial charge in [0.2, 0.25) is 0 Å². The number of thioether (sulfide) groups is 1. The fraction of sp³-hybridized carbons (Fsp3) is 0.133. The lowest BCUT2D eigenvalue weighted by Crippen LogP contribution is -1.89. The predicted molar refractivity (Wildman–Crippen MR) is 74.2 cm³/mol. The first-order chi connectivity index (χ1) is 8.74. The highest BCUT2D eigenvalue weighted by molar-refractivity contribution is 7.98. The van der Waals surface area contributed by atoms with Gasteiger partial charge in [-0.1, -0.05) is 12.1 Å². The molecule has 90 valence electrons. The van der Waals surface area contributed by atoms with Crippen LogP contribution in [0.15, 0.2) is 47.4 Å². The molecule has 0 heterocycles. The largest absolute Gasteiger partial charge is 0.456 e. The summed E-state index contributed by atoms with van der Waals surface area (Å²) in [4.78, 5) is 1.10. The van der Waals surface area contributed by atoms with Crippen LogP contribution >= 0.6 is 11.8 Å². The lowest BCUT2D eigenvalue weighted by atomic mass is 10.1. The number of benzene rings is 2. The van der Waals surface area contributed by atoms with Crippen molar-refractivity contribution in [3.05, 3.63) is 53.6 Å². The SMILES string of the molecule is CSc1ccccc1Oc1ccc(C#N)c(C)c1. The predicted octanol–water partition coefficient (Wildman–Crippen LogP) is 4.38. The normalized spacial score (nSPS) is 9.83. The molecule has 0 aliphatic rings. The van der Waals surface area contributed by atoms with E-state index >= 15 is 0 Å². The highest BCUT2D eigenvalue weighted by atomic mass is 32.2. The van der Waals surface area contributed by atoms with E-state index in [2.05, 4.69) is 6.07 Å². The lowest BCUT2D eigenvalue weighted by Gasteiger charge is -2.10. The van der Waals surface area contributed by atoms with E-state index in [1.54, 1.807) is 17.8 Å². The molecule has 2 aromatic rings. The average molecular weight is 255 g/mol. The maximum Gasteiger partial charge on any atom is 0.140 e. The van der Waals surface area contributed by atoms with E-state index in [9.17, 15) is 0 Å². The number of aryl methyl sites for hydroxylation is 1. The molecule has 2 aromatic carbocycles. The van der Waals surface area contributed by atoms with E-state index < -0.39 is 0 Å². The molecule has 0 aliphatic heterocycles. The van der Waals surface area contributed by atoms with Gasteiger partial charge in [-0.25, -0.2) is 0 Å². The van der Waals surface area contributed by atoms with Gasteiger partial charge >= 0.3 is 0 Å². The Labute approximate surface area is 111 Å². The van der Waals surface area contributed by atoms with Crippen molar-refractivity contribution in [2.75, 3.05) is 6.26 Å². The minimum absolute atomic E-state index is 0.681. The number of hydrogen-bond acceptors (Lipinski definition) is 3. The van der Waals surface area contributed by atoms with Crippen LogP contribution in [-0.2, 0) is 0 Å². The van der Waals surface area contributed by atoms with Crippen LogP contribution in [0.2, 0.25) is 0 Å². The van der Waals surface area contributed by atoms with E-state index in [0.717, 1.165) is 22.0 Å². The second-order valence-corrected chi connectivity index (χ2v) is 4.69. The van der Waals surface area contributed by atoms with E-state index in [1.807, 2.05) is 49.6 Å². The van der Waals surface area contributed by atoms with Gasteiger partial charge in [-0.15, -0.1) is 11.8 Å². The summed E-state index contributed by atoms with van der Waals surface area (Å²) in [6.07, 6.45) is 2.02. The van der Waals surface area contributed by atoms with Crippen LogP contribution in [0.4, 0.5) is 0 Å². The highest BCUT2D eigenvalue weighted by Gasteiger charge is 2.05. The van der Waals surface area contributed by atoms with Crippen molar-refractivity contribution in [2.45, 2.75) is 11.8 Å². The number of para-hydroxylation sites is 1. The van der Waals surface area contributed by atoms with Gasteiger partial charge in [0, 0.05) is 4.90 Å². The van der Waals surface area contributed by atoms with Gasteiger partial charge in [0.25, 0.3) is 0 Å². The fourth-order valence-electron chi connectivity index (χ4n) is 1.66. The molecule has 0 aliphatic carbocycles. The smallest absolute Gasteiger partial charge is 0.140 e. The summed E-state index contributed by atoms with van der Waals surface area (Å²) in [5.74, 6) is 1.60. The Kier molecular flexibility index (Phi) is 3.91. The lowest BCUT2D eigenvalue weighted by molar-refractivity contribution is 0.471. The molecule has 0 saturated carbocycles. The Balaban J connectivity index is 2.29. The molecule has 0 aromatic heterocycles. The summed E-state index contributed by atoms with van der Waals surface area (Å²) >= 11 is 1.65. The third-order valence-electron chi connectivity index (χ3n) is 2.62. The maximum atomic E-state index is 8.89. The highest BCUT2D eigenvalue weighted by Crippen LogP contribution is 2.31. The van der Waals surface area contributed by atoms with Gasteiger partial charge in [0.05, 0.1) is 11.6 Å². The van der Waals surface area contributed by atoms with E-state index in [0.29, 0.717) is 5.56 Å². The first-order valence-corrected chi connectivity index (χ1v) is 6.78. The van der Waals surface area contributed by atoms with Crippen LogP contribution in [0.5, 0.6) is 11.5 Å². The number of nitrogens with zero attached hydrogens (tertiary/aromatic N) is 1. The number of ether oxygens (including phenoxy) is 1. The molecule has 0 spiro atoms. The summed E-state index contributed by atoms with van der Waals surface area (Å²) in [5, 5.41) is 8.89. The summed E-state index contributed by atoms with van der Waals surface area (Å²) < 4.78 is 5.85. The van der Waals surface area contributed by atoms with Crippen LogP contribution < -0.4 is 4.74 Å². The van der Waals surface area contributed by atoms with Crippen LogP contribution in [0.3, 0.4) is 0 Å². The van der Waals surface area contributed by atoms with Crippen molar-refractivity contribution in [3.8, 4) is 17.6 Å². The van der Waals surface area contributed by atoms with Crippen molar-refractivity contribution in [3.63, 3.8) is 0 Å². The van der Waals surface area contributed by atoms with Crippen molar-refractivity contribution in [2.24, 2.45) is 0 Å². The fourth-order valence-corrected chi connectivity index (χ4v) is 2.18. The number of nitriles is 1. The van der Waals surface area contributed by atoms with Crippen LogP contribution in [0, 0.1) is 18.3 Å². The topological polar surface area (TPSA) is 33.0 Å². The van der Waals surface area contributed by atoms with E-state index in [1.165, 1.54) is 0 Å². The molecule has 0 unspecified atom stereocenters. The third kappa shape index (κ3) is 2.66. The minimum Gasteiger partial charge on any atom is -0.456 e. The van der Waals surface area contributed by atoms with Crippen molar-refractivity contribution >= 4 is 11.8 Å². The Morgan fingerprint density at radius 2 is 1.94 bits per heavy atom. The average Bonchev–Trinajstić information content (AvgIpc) is 2.39. The molecule has 0 radical (unpaired) electrons.